The average molecular weight is 451 g/mol. The van der Waals surface area contributed by atoms with Crippen LogP contribution < -0.4 is 16.1 Å². The Morgan fingerprint density at radius 1 is 0.735 bits per heavy atom. The molecule has 9 heteroatoms. The molecule has 3 aromatic carbocycles. The van der Waals surface area contributed by atoms with Gasteiger partial charge in [-0.15, -0.1) is 0 Å². The SMILES string of the molecule is Cc1nn2c(=O)c3ccccc3nc2n(N(C(=O)c2ccccc2)C(=O)c2ccccc2)c1=O. The van der Waals surface area contributed by atoms with E-state index in [4.69, 9.17) is 0 Å². The molecular weight excluding hydrogens is 434 g/mol. The predicted molar refractivity (Wildman–Crippen MR) is 126 cm³/mol. The van der Waals surface area contributed by atoms with E-state index in [1.807, 2.05) is 0 Å². The van der Waals surface area contributed by atoms with Gasteiger partial charge in [-0.1, -0.05) is 48.5 Å². The monoisotopic (exact) mass is 451 g/mol. The molecule has 0 radical (unpaired) electrons. The minimum atomic E-state index is -0.758. The van der Waals surface area contributed by atoms with Gasteiger partial charge < -0.3 is 0 Å². The van der Waals surface area contributed by atoms with Gasteiger partial charge in [0.2, 0.25) is 0 Å². The molecule has 0 saturated carbocycles. The Kier molecular flexibility index (Phi) is 5.06. The lowest BCUT2D eigenvalue weighted by Crippen LogP contribution is -2.52. The van der Waals surface area contributed by atoms with Crippen molar-refractivity contribution in [2.75, 3.05) is 5.01 Å². The number of rotatable bonds is 3. The zero-order valence-corrected chi connectivity index (χ0v) is 18.0. The van der Waals surface area contributed by atoms with E-state index in [0.29, 0.717) is 10.5 Å². The summed E-state index contributed by atoms with van der Waals surface area (Å²) in [6, 6.07) is 22.7. The number of benzene rings is 3. The summed E-state index contributed by atoms with van der Waals surface area (Å²) in [5, 5.41) is 5.08. The zero-order chi connectivity index (χ0) is 23.8. The highest BCUT2D eigenvalue weighted by molar-refractivity contribution is 6.21. The molecule has 0 N–H and O–H groups in total. The van der Waals surface area contributed by atoms with Gasteiger partial charge in [0.05, 0.1) is 10.9 Å². The molecule has 0 atom stereocenters. The summed E-state index contributed by atoms with van der Waals surface area (Å²) in [4.78, 5) is 58.2. The highest BCUT2D eigenvalue weighted by Crippen LogP contribution is 2.13. The molecule has 0 unspecified atom stereocenters. The Hall–Kier alpha value is -4.92. The van der Waals surface area contributed by atoms with Crippen LogP contribution in [0, 0.1) is 6.92 Å². The van der Waals surface area contributed by atoms with Crippen molar-refractivity contribution < 1.29 is 9.59 Å². The first-order valence-corrected chi connectivity index (χ1v) is 10.4. The van der Waals surface area contributed by atoms with Crippen LogP contribution in [0.1, 0.15) is 26.4 Å². The minimum Gasteiger partial charge on any atom is -0.267 e. The number of carbonyl (C=O) groups is 2. The van der Waals surface area contributed by atoms with Crippen LogP contribution in [0.5, 0.6) is 0 Å². The summed E-state index contributed by atoms with van der Waals surface area (Å²) in [5.74, 6) is -1.77. The van der Waals surface area contributed by atoms with Crippen LogP contribution in [-0.4, -0.2) is 31.1 Å². The van der Waals surface area contributed by atoms with Crippen molar-refractivity contribution in [1.82, 2.24) is 19.3 Å². The number of hydrogen-bond acceptors (Lipinski definition) is 6. The lowest BCUT2D eigenvalue weighted by molar-refractivity contribution is 0.0855. The van der Waals surface area contributed by atoms with Crippen LogP contribution in [0.4, 0.5) is 0 Å². The number of para-hydroxylation sites is 1. The first kappa shape index (κ1) is 21.0. The molecule has 9 nitrogen and oxygen atoms in total. The van der Waals surface area contributed by atoms with Gasteiger partial charge in [0.25, 0.3) is 28.7 Å². The second-order valence-electron chi connectivity index (χ2n) is 7.50. The second kappa shape index (κ2) is 8.21. The fourth-order valence-electron chi connectivity index (χ4n) is 3.64. The fraction of sp³-hybridized carbons (Fsp3) is 0.0400. The van der Waals surface area contributed by atoms with Crippen LogP contribution in [0.2, 0.25) is 0 Å². The summed E-state index contributed by atoms with van der Waals surface area (Å²) >= 11 is 0. The Morgan fingerprint density at radius 3 is 1.85 bits per heavy atom. The van der Waals surface area contributed by atoms with Crippen molar-refractivity contribution in [2.45, 2.75) is 6.92 Å². The normalized spacial score (nSPS) is 11.0. The fourth-order valence-corrected chi connectivity index (χ4v) is 3.64. The lowest BCUT2D eigenvalue weighted by atomic mass is 10.1. The van der Waals surface area contributed by atoms with Gasteiger partial charge in [0.15, 0.2) is 0 Å². The third-order valence-electron chi connectivity index (χ3n) is 5.30. The van der Waals surface area contributed by atoms with Crippen LogP contribution in [0.15, 0.2) is 94.5 Å². The number of aromatic nitrogens is 4. The van der Waals surface area contributed by atoms with E-state index in [1.165, 1.54) is 31.2 Å². The van der Waals surface area contributed by atoms with Gasteiger partial charge in [-0.2, -0.15) is 19.3 Å². The molecule has 0 spiro atoms. The quantitative estimate of drug-likeness (QED) is 0.308. The highest BCUT2D eigenvalue weighted by Gasteiger charge is 2.30. The van der Waals surface area contributed by atoms with Crippen LogP contribution in [-0.2, 0) is 0 Å². The van der Waals surface area contributed by atoms with Crippen molar-refractivity contribution >= 4 is 28.5 Å². The van der Waals surface area contributed by atoms with Gasteiger partial charge in [-0.25, -0.2) is 4.98 Å². The largest absolute Gasteiger partial charge is 0.296 e. The molecule has 0 saturated heterocycles. The maximum absolute atomic E-state index is 13.6. The van der Waals surface area contributed by atoms with E-state index in [-0.39, 0.29) is 28.0 Å². The molecule has 2 amide bonds. The molecule has 0 aliphatic heterocycles. The predicted octanol–water partition coefficient (Wildman–Crippen LogP) is 2.33. The number of nitrogens with zero attached hydrogens (tertiary/aromatic N) is 5. The molecule has 166 valence electrons. The van der Waals surface area contributed by atoms with E-state index < -0.39 is 22.9 Å². The molecular formula is C25H17N5O4. The first-order valence-electron chi connectivity index (χ1n) is 10.4. The maximum Gasteiger partial charge on any atom is 0.296 e. The standard InChI is InChI=1S/C25H17N5O4/c1-16-21(31)30(25-26-20-15-9-8-14-19(20)24(34)28(25)27-16)29(22(32)17-10-4-2-5-11-17)23(33)18-12-6-3-7-13-18/h2-15H,1H3. The Balaban J connectivity index is 1.88. The summed E-state index contributed by atoms with van der Waals surface area (Å²) in [6.45, 7) is 1.40. The number of imide groups is 1. The van der Waals surface area contributed by atoms with Gasteiger partial charge >= 0.3 is 0 Å². The number of carbonyl (C=O) groups excluding carboxylic acids is 2. The average Bonchev–Trinajstić information content (AvgIpc) is 2.88. The number of fused-ring (bicyclic) bond motifs is 2. The second-order valence-corrected chi connectivity index (χ2v) is 7.50. The van der Waals surface area contributed by atoms with E-state index in [9.17, 15) is 19.2 Å². The Morgan fingerprint density at radius 2 is 1.26 bits per heavy atom. The van der Waals surface area contributed by atoms with Crippen molar-refractivity contribution in [3.63, 3.8) is 0 Å². The van der Waals surface area contributed by atoms with E-state index in [1.54, 1.807) is 60.7 Å². The summed E-state index contributed by atoms with van der Waals surface area (Å²) in [7, 11) is 0. The minimum absolute atomic E-state index is 0.0848. The highest BCUT2D eigenvalue weighted by atomic mass is 16.2. The van der Waals surface area contributed by atoms with Crippen molar-refractivity contribution in [3.05, 3.63) is 122 Å². The van der Waals surface area contributed by atoms with E-state index >= 15 is 0 Å². The topological polar surface area (TPSA) is 107 Å². The third-order valence-corrected chi connectivity index (χ3v) is 5.30. The number of hydrogen-bond donors (Lipinski definition) is 0. The number of amides is 2. The summed E-state index contributed by atoms with van der Waals surface area (Å²) < 4.78 is 1.75. The van der Waals surface area contributed by atoms with Crippen LogP contribution in [0.3, 0.4) is 0 Å². The van der Waals surface area contributed by atoms with Gasteiger partial charge in [0, 0.05) is 11.1 Å². The van der Waals surface area contributed by atoms with Crippen LogP contribution in [0.25, 0.3) is 16.7 Å². The van der Waals surface area contributed by atoms with Crippen molar-refractivity contribution in [1.29, 1.82) is 0 Å². The van der Waals surface area contributed by atoms with Gasteiger partial charge in [-0.05, 0) is 43.3 Å². The number of aryl methyl sites for hydroxylation is 1. The third kappa shape index (κ3) is 3.36. The van der Waals surface area contributed by atoms with Crippen molar-refractivity contribution in [2.24, 2.45) is 0 Å². The molecule has 34 heavy (non-hydrogen) atoms. The molecule has 0 fully saturated rings. The van der Waals surface area contributed by atoms with Gasteiger partial charge in [-0.3, -0.25) is 19.2 Å². The molecule has 5 aromatic rings. The Bertz CT molecular complexity index is 1640. The van der Waals surface area contributed by atoms with E-state index in [2.05, 4.69) is 10.1 Å². The molecule has 2 aromatic heterocycles. The van der Waals surface area contributed by atoms with Crippen molar-refractivity contribution in [3.8, 4) is 0 Å². The first-order chi connectivity index (χ1) is 16.5. The lowest BCUT2D eigenvalue weighted by Gasteiger charge is -2.24. The zero-order valence-electron chi connectivity index (χ0n) is 18.0. The van der Waals surface area contributed by atoms with Gasteiger partial charge in [0.1, 0.15) is 5.69 Å². The summed E-state index contributed by atoms with van der Waals surface area (Å²) in [6.07, 6.45) is 0. The molecule has 2 heterocycles. The Labute approximate surface area is 192 Å². The maximum atomic E-state index is 13.6. The summed E-state index contributed by atoms with van der Waals surface area (Å²) in [5.41, 5.74) is -0.722. The molecule has 5 rings (SSSR count). The smallest absolute Gasteiger partial charge is 0.267 e. The molecule has 0 aliphatic rings. The molecule has 0 bridgehead atoms. The molecule has 0 aliphatic carbocycles. The van der Waals surface area contributed by atoms with E-state index in [0.717, 1.165) is 9.19 Å². The van der Waals surface area contributed by atoms with Crippen LogP contribution >= 0.6 is 0 Å².